The Labute approximate surface area is 62.4 Å². The largest absolute Gasteiger partial charge is 0.475 e. The number of rotatable bonds is 2. The van der Waals surface area contributed by atoms with Gasteiger partial charge in [-0.1, -0.05) is 0 Å². The van der Waals surface area contributed by atoms with E-state index in [1.54, 1.807) is 6.92 Å². The molecule has 11 heavy (non-hydrogen) atoms. The molecule has 0 saturated heterocycles. The highest BCUT2D eigenvalue weighted by molar-refractivity contribution is 6.39. The zero-order valence-electron chi connectivity index (χ0n) is 5.83. The minimum absolute atomic E-state index is 0.0995. The molecule has 0 aliphatic rings. The number of Topliss-reactive ketones (excluding diaryl/α,β-unsaturated/α-hetero) is 1. The van der Waals surface area contributed by atoms with E-state index in [4.69, 9.17) is 5.11 Å². The Hall–Kier alpha value is -1.58. The molecule has 0 aliphatic carbocycles. The van der Waals surface area contributed by atoms with Crippen molar-refractivity contribution in [1.29, 1.82) is 0 Å². The Bertz CT molecular complexity index is 297. The lowest BCUT2D eigenvalue weighted by Crippen LogP contribution is -2.12. The van der Waals surface area contributed by atoms with Gasteiger partial charge in [0.1, 0.15) is 0 Å². The molecule has 1 rings (SSSR count). The molecular weight excluding hydrogens is 148 g/mol. The molecule has 58 valence electrons. The molecule has 0 bridgehead atoms. The van der Waals surface area contributed by atoms with Crippen LogP contribution in [0.5, 0.6) is 0 Å². The van der Waals surface area contributed by atoms with Crippen LogP contribution in [0.2, 0.25) is 0 Å². The molecule has 0 radical (unpaired) electrons. The summed E-state index contributed by atoms with van der Waals surface area (Å²) in [5.74, 6) is -2.60. The van der Waals surface area contributed by atoms with E-state index in [2.05, 4.69) is 4.42 Å². The first-order valence-electron chi connectivity index (χ1n) is 2.94. The SMILES string of the molecule is Cc1ccoc1C(=O)C(=O)O. The van der Waals surface area contributed by atoms with Gasteiger partial charge in [0.05, 0.1) is 6.26 Å². The Morgan fingerprint density at radius 2 is 2.18 bits per heavy atom. The van der Waals surface area contributed by atoms with E-state index in [-0.39, 0.29) is 5.76 Å². The van der Waals surface area contributed by atoms with Crippen molar-refractivity contribution in [2.75, 3.05) is 0 Å². The van der Waals surface area contributed by atoms with E-state index in [1.807, 2.05) is 0 Å². The van der Waals surface area contributed by atoms with Crippen LogP contribution in [0.25, 0.3) is 0 Å². The van der Waals surface area contributed by atoms with Crippen LogP contribution in [0, 0.1) is 6.92 Å². The van der Waals surface area contributed by atoms with Gasteiger partial charge in [-0.25, -0.2) is 4.79 Å². The van der Waals surface area contributed by atoms with Crippen molar-refractivity contribution in [1.82, 2.24) is 0 Å². The fourth-order valence-corrected chi connectivity index (χ4v) is 0.702. The third-order valence-corrected chi connectivity index (χ3v) is 1.26. The molecule has 0 aliphatic heterocycles. The van der Waals surface area contributed by atoms with Gasteiger partial charge in [-0.05, 0) is 18.6 Å². The summed E-state index contributed by atoms with van der Waals surface area (Å²) in [5, 5.41) is 8.27. The van der Waals surface area contributed by atoms with Gasteiger partial charge >= 0.3 is 11.8 Å². The predicted molar refractivity (Wildman–Crippen MR) is 35.4 cm³/mol. The maximum Gasteiger partial charge on any atom is 0.380 e. The zero-order chi connectivity index (χ0) is 8.43. The average molecular weight is 154 g/mol. The standard InChI is InChI=1S/C7H6O4/c1-4-2-3-11-6(4)5(8)7(9)10/h2-3H,1H3,(H,9,10). The Morgan fingerprint density at radius 3 is 2.55 bits per heavy atom. The van der Waals surface area contributed by atoms with Crippen LogP contribution in [0.15, 0.2) is 16.7 Å². The number of carboxylic acid groups (broad SMARTS) is 1. The molecule has 4 nitrogen and oxygen atoms in total. The summed E-state index contributed by atoms with van der Waals surface area (Å²) in [4.78, 5) is 20.9. The summed E-state index contributed by atoms with van der Waals surface area (Å²) in [6.07, 6.45) is 1.28. The molecule has 1 aromatic heterocycles. The molecule has 0 amide bonds. The second-order valence-corrected chi connectivity index (χ2v) is 2.07. The van der Waals surface area contributed by atoms with Crippen molar-refractivity contribution in [3.8, 4) is 0 Å². The third-order valence-electron chi connectivity index (χ3n) is 1.26. The van der Waals surface area contributed by atoms with Crippen molar-refractivity contribution >= 4 is 11.8 Å². The summed E-state index contributed by atoms with van der Waals surface area (Å²) in [5.41, 5.74) is 0.539. The van der Waals surface area contributed by atoms with Gasteiger partial charge in [0.25, 0.3) is 0 Å². The topological polar surface area (TPSA) is 67.5 Å². The fourth-order valence-electron chi connectivity index (χ4n) is 0.702. The van der Waals surface area contributed by atoms with E-state index in [1.165, 1.54) is 12.3 Å². The van der Waals surface area contributed by atoms with Crippen molar-refractivity contribution in [2.24, 2.45) is 0 Å². The molecule has 0 unspecified atom stereocenters. The first-order chi connectivity index (χ1) is 5.13. The number of hydrogen-bond donors (Lipinski definition) is 1. The predicted octanol–water partition coefficient (Wildman–Crippen LogP) is 0.855. The van der Waals surface area contributed by atoms with Gasteiger partial charge in [-0.15, -0.1) is 0 Å². The van der Waals surface area contributed by atoms with Crippen molar-refractivity contribution in [3.63, 3.8) is 0 Å². The summed E-state index contributed by atoms with van der Waals surface area (Å²) in [6.45, 7) is 1.61. The number of carboxylic acids is 1. The second-order valence-electron chi connectivity index (χ2n) is 2.07. The minimum Gasteiger partial charge on any atom is -0.475 e. The van der Waals surface area contributed by atoms with E-state index < -0.39 is 11.8 Å². The normalized spacial score (nSPS) is 9.55. The fraction of sp³-hybridized carbons (Fsp3) is 0.143. The van der Waals surface area contributed by atoms with Gasteiger partial charge < -0.3 is 9.52 Å². The summed E-state index contributed by atoms with van der Waals surface area (Å²) >= 11 is 0. The molecule has 0 aromatic carbocycles. The molecule has 1 heterocycles. The molecular formula is C7H6O4. The maximum absolute atomic E-state index is 10.7. The van der Waals surface area contributed by atoms with Crippen LogP contribution in [0.1, 0.15) is 16.1 Å². The van der Waals surface area contributed by atoms with Crippen molar-refractivity contribution in [2.45, 2.75) is 6.92 Å². The number of carbonyl (C=O) groups is 2. The number of aliphatic carboxylic acids is 1. The summed E-state index contributed by atoms with van der Waals surface area (Å²) in [7, 11) is 0. The Morgan fingerprint density at radius 1 is 1.55 bits per heavy atom. The van der Waals surface area contributed by atoms with Crippen LogP contribution in [-0.2, 0) is 4.79 Å². The smallest absolute Gasteiger partial charge is 0.380 e. The van der Waals surface area contributed by atoms with Gasteiger partial charge in [0.15, 0.2) is 5.76 Å². The monoisotopic (exact) mass is 154 g/mol. The van der Waals surface area contributed by atoms with E-state index in [0.717, 1.165) is 0 Å². The molecule has 1 aromatic rings. The van der Waals surface area contributed by atoms with Crippen LogP contribution in [-0.4, -0.2) is 16.9 Å². The van der Waals surface area contributed by atoms with E-state index >= 15 is 0 Å². The third kappa shape index (κ3) is 1.29. The van der Waals surface area contributed by atoms with Gasteiger partial charge in [0.2, 0.25) is 0 Å². The Kier molecular flexibility index (Phi) is 1.76. The maximum atomic E-state index is 10.7. The molecule has 0 fully saturated rings. The van der Waals surface area contributed by atoms with E-state index in [0.29, 0.717) is 5.56 Å². The van der Waals surface area contributed by atoms with Gasteiger partial charge in [-0.3, -0.25) is 4.79 Å². The number of ketones is 1. The minimum atomic E-state index is -1.50. The number of furan rings is 1. The van der Waals surface area contributed by atoms with Gasteiger partial charge in [-0.2, -0.15) is 0 Å². The molecule has 1 N–H and O–H groups in total. The molecule has 0 spiro atoms. The first-order valence-corrected chi connectivity index (χ1v) is 2.94. The number of aryl methyl sites for hydroxylation is 1. The Balaban J connectivity index is 3.02. The quantitative estimate of drug-likeness (QED) is 0.506. The average Bonchev–Trinajstić information content (AvgIpc) is 2.33. The zero-order valence-corrected chi connectivity index (χ0v) is 5.83. The first kappa shape index (κ1) is 7.53. The van der Waals surface area contributed by atoms with Crippen LogP contribution >= 0.6 is 0 Å². The molecule has 0 atom stereocenters. The number of carbonyl (C=O) groups excluding carboxylic acids is 1. The van der Waals surface area contributed by atoms with E-state index in [9.17, 15) is 9.59 Å². The van der Waals surface area contributed by atoms with Crippen LogP contribution in [0.4, 0.5) is 0 Å². The lowest BCUT2D eigenvalue weighted by atomic mass is 10.2. The van der Waals surface area contributed by atoms with Crippen molar-refractivity contribution in [3.05, 3.63) is 23.7 Å². The molecule has 4 heteroatoms. The van der Waals surface area contributed by atoms with Crippen LogP contribution < -0.4 is 0 Å². The summed E-state index contributed by atoms with van der Waals surface area (Å²) in [6, 6.07) is 1.54. The highest BCUT2D eigenvalue weighted by atomic mass is 16.4. The lowest BCUT2D eigenvalue weighted by Gasteiger charge is -1.89. The number of hydrogen-bond acceptors (Lipinski definition) is 3. The summed E-state index contributed by atoms with van der Waals surface area (Å²) < 4.78 is 4.66. The lowest BCUT2D eigenvalue weighted by molar-refractivity contribution is -0.131. The van der Waals surface area contributed by atoms with Crippen LogP contribution in [0.3, 0.4) is 0 Å². The molecule has 0 saturated carbocycles. The second kappa shape index (κ2) is 2.57. The van der Waals surface area contributed by atoms with Crippen molar-refractivity contribution < 1.29 is 19.1 Å². The highest BCUT2D eigenvalue weighted by Crippen LogP contribution is 2.08. The van der Waals surface area contributed by atoms with Gasteiger partial charge in [0, 0.05) is 0 Å². The highest BCUT2D eigenvalue weighted by Gasteiger charge is 2.19.